The molecule has 0 amide bonds. The normalized spacial score (nSPS) is 16.4. The second kappa shape index (κ2) is 6.77. The summed E-state index contributed by atoms with van der Waals surface area (Å²) in [6.45, 7) is 10.9. The molecule has 2 heteroatoms. The maximum atomic E-state index is 6.34. The Kier molecular flexibility index (Phi) is 6.82. The van der Waals surface area contributed by atoms with Gasteiger partial charge in [0.2, 0.25) is 0 Å². The predicted octanol–water partition coefficient (Wildman–Crippen LogP) is 4.48. The zero-order valence-electron chi connectivity index (χ0n) is 12.0. The first-order chi connectivity index (χ1) is 7.31. The summed E-state index contributed by atoms with van der Waals surface area (Å²) < 4.78 is 0. The standard InChI is InChI=1S/C14H28B2/c1-6-8-9-10-11-13(5,7-2)14(15,16)12(3)4/h12H,6-11H2,1-5H3. The van der Waals surface area contributed by atoms with Gasteiger partial charge in [-0.25, -0.2) is 0 Å². The Morgan fingerprint density at radius 3 is 1.94 bits per heavy atom. The lowest BCUT2D eigenvalue weighted by atomic mass is 9.37. The molecule has 0 heterocycles. The molecule has 4 radical (unpaired) electrons. The number of unbranched alkanes of at least 4 members (excludes halogenated alkanes) is 3. The average Bonchev–Trinajstić information content (AvgIpc) is 2.23. The van der Waals surface area contributed by atoms with Crippen LogP contribution >= 0.6 is 0 Å². The third-order valence-corrected chi connectivity index (χ3v) is 4.36. The second-order valence-electron chi connectivity index (χ2n) is 5.81. The lowest BCUT2D eigenvalue weighted by Crippen LogP contribution is -2.38. The first-order valence-corrected chi connectivity index (χ1v) is 6.89. The van der Waals surface area contributed by atoms with E-state index in [1.54, 1.807) is 0 Å². The summed E-state index contributed by atoms with van der Waals surface area (Å²) in [4.78, 5) is 0. The van der Waals surface area contributed by atoms with Crippen LogP contribution in [0.1, 0.15) is 73.1 Å². The van der Waals surface area contributed by atoms with E-state index in [4.69, 9.17) is 15.7 Å². The molecule has 16 heavy (non-hydrogen) atoms. The molecule has 0 bridgehead atoms. The topological polar surface area (TPSA) is 0 Å². The largest absolute Gasteiger partial charge is 0.0916 e. The smallest absolute Gasteiger partial charge is 0.0631 e. The fourth-order valence-electron chi connectivity index (χ4n) is 2.34. The van der Waals surface area contributed by atoms with Crippen LogP contribution in [0.4, 0.5) is 0 Å². The van der Waals surface area contributed by atoms with E-state index in [0.29, 0.717) is 5.92 Å². The summed E-state index contributed by atoms with van der Waals surface area (Å²) in [7, 11) is 12.7. The molecule has 0 rings (SSSR count). The van der Waals surface area contributed by atoms with Gasteiger partial charge in [-0.3, -0.25) is 0 Å². The minimum atomic E-state index is -0.548. The minimum absolute atomic E-state index is 0.0644. The highest BCUT2D eigenvalue weighted by molar-refractivity contribution is 6.40. The molecular weight excluding hydrogens is 190 g/mol. The summed E-state index contributed by atoms with van der Waals surface area (Å²) in [6.07, 6.45) is 7.37. The molecule has 0 aromatic carbocycles. The van der Waals surface area contributed by atoms with Crippen molar-refractivity contribution in [2.45, 2.75) is 78.4 Å². The van der Waals surface area contributed by atoms with Gasteiger partial charge in [-0.15, -0.1) is 0 Å². The van der Waals surface area contributed by atoms with Crippen molar-refractivity contribution in [3.05, 3.63) is 0 Å². The Labute approximate surface area is 106 Å². The lowest BCUT2D eigenvalue weighted by Gasteiger charge is -2.48. The van der Waals surface area contributed by atoms with E-state index in [9.17, 15) is 0 Å². The van der Waals surface area contributed by atoms with E-state index in [1.165, 1.54) is 25.7 Å². The van der Waals surface area contributed by atoms with Crippen LogP contribution in [0.25, 0.3) is 0 Å². The quantitative estimate of drug-likeness (QED) is 0.416. The number of hydrogen-bond acceptors (Lipinski definition) is 0. The van der Waals surface area contributed by atoms with Gasteiger partial charge in [-0.05, 0) is 11.8 Å². The van der Waals surface area contributed by atoms with Crippen molar-refractivity contribution < 1.29 is 0 Å². The van der Waals surface area contributed by atoms with Crippen LogP contribution in [-0.4, -0.2) is 15.7 Å². The van der Waals surface area contributed by atoms with Crippen molar-refractivity contribution in [2.24, 2.45) is 11.3 Å². The first-order valence-electron chi connectivity index (χ1n) is 6.89. The van der Waals surface area contributed by atoms with Crippen LogP contribution in [0.2, 0.25) is 5.21 Å². The SMILES string of the molecule is [B]C([B])(C(C)C)C(C)(CC)CCCCCC. The Morgan fingerprint density at radius 2 is 1.56 bits per heavy atom. The Bertz CT molecular complexity index is 187. The van der Waals surface area contributed by atoms with Gasteiger partial charge in [0.15, 0.2) is 0 Å². The van der Waals surface area contributed by atoms with Crippen LogP contribution in [0.15, 0.2) is 0 Å². The van der Waals surface area contributed by atoms with Gasteiger partial charge < -0.3 is 0 Å². The van der Waals surface area contributed by atoms with Crippen molar-refractivity contribution in [1.82, 2.24) is 0 Å². The Balaban J connectivity index is 4.41. The molecule has 90 valence electrons. The molecule has 0 fully saturated rings. The highest BCUT2D eigenvalue weighted by Crippen LogP contribution is 2.51. The highest BCUT2D eigenvalue weighted by Gasteiger charge is 2.39. The lowest BCUT2D eigenvalue weighted by molar-refractivity contribution is 0.191. The minimum Gasteiger partial charge on any atom is -0.0916 e. The molecular formula is C14H28B2. The van der Waals surface area contributed by atoms with Crippen molar-refractivity contribution >= 4 is 15.7 Å². The summed E-state index contributed by atoms with van der Waals surface area (Å²) in [5, 5.41) is -0.548. The molecule has 1 atom stereocenters. The fraction of sp³-hybridized carbons (Fsp3) is 1.00. The highest BCUT2D eigenvalue weighted by atomic mass is 14.4. The zero-order valence-corrected chi connectivity index (χ0v) is 12.0. The first kappa shape index (κ1) is 16.1. The van der Waals surface area contributed by atoms with Crippen molar-refractivity contribution in [3.63, 3.8) is 0 Å². The summed E-state index contributed by atoms with van der Waals surface area (Å²) in [5.41, 5.74) is 0.0644. The zero-order chi connectivity index (χ0) is 12.8. The molecule has 0 nitrogen and oxygen atoms in total. The van der Waals surface area contributed by atoms with Gasteiger partial charge in [-0.2, -0.15) is 0 Å². The predicted molar refractivity (Wildman–Crippen MR) is 76.2 cm³/mol. The molecule has 0 N–H and O–H groups in total. The summed E-state index contributed by atoms with van der Waals surface area (Å²) >= 11 is 0. The monoisotopic (exact) mass is 218 g/mol. The molecule has 0 aliphatic carbocycles. The third-order valence-electron chi connectivity index (χ3n) is 4.36. The van der Waals surface area contributed by atoms with Crippen LogP contribution in [-0.2, 0) is 0 Å². The maximum Gasteiger partial charge on any atom is 0.0631 e. The molecule has 1 unspecified atom stereocenters. The fourth-order valence-corrected chi connectivity index (χ4v) is 2.34. The van der Waals surface area contributed by atoms with E-state index in [-0.39, 0.29) is 5.41 Å². The maximum absolute atomic E-state index is 6.34. The molecule has 0 aliphatic heterocycles. The van der Waals surface area contributed by atoms with Gasteiger partial charge in [0.05, 0.1) is 15.7 Å². The van der Waals surface area contributed by atoms with E-state index in [2.05, 4.69) is 34.6 Å². The molecule has 0 aliphatic rings. The van der Waals surface area contributed by atoms with Crippen LogP contribution in [0, 0.1) is 11.3 Å². The van der Waals surface area contributed by atoms with Crippen LogP contribution in [0.3, 0.4) is 0 Å². The van der Waals surface area contributed by atoms with Crippen LogP contribution < -0.4 is 0 Å². The molecule has 0 saturated heterocycles. The molecule has 0 saturated carbocycles. The van der Waals surface area contributed by atoms with Crippen LogP contribution in [0.5, 0.6) is 0 Å². The third kappa shape index (κ3) is 3.86. The summed E-state index contributed by atoms with van der Waals surface area (Å²) in [5.74, 6) is 0.323. The molecule has 0 spiro atoms. The van der Waals surface area contributed by atoms with Gasteiger partial charge in [0.1, 0.15) is 0 Å². The van der Waals surface area contributed by atoms with Crippen molar-refractivity contribution in [1.29, 1.82) is 0 Å². The van der Waals surface area contributed by atoms with Gasteiger partial charge >= 0.3 is 0 Å². The average molecular weight is 218 g/mol. The van der Waals surface area contributed by atoms with E-state index < -0.39 is 5.21 Å². The van der Waals surface area contributed by atoms with E-state index in [0.717, 1.165) is 12.8 Å². The van der Waals surface area contributed by atoms with E-state index >= 15 is 0 Å². The summed E-state index contributed by atoms with van der Waals surface area (Å²) in [6, 6.07) is 0. The second-order valence-corrected chi connectivity index (χ2v) is 5.81. The van der Waals surface area contributed by atoms with Crippen molar-refractivity contribution in [3.8, 4) is 0 Å². The van der Waals surface area contributed by atoms with Gasteiger partial charge in [-0.1, -0.05) is 77.9 Å². The Morgan fingerprint density at radius 1 is 1.00 bits per heavy atom. The Hall–Kier alpha value is 0.130. The number of hydrogen-bond donors (Lipinski definition) is 0. The molecule has 0 aromatic heterocycles. The number of rotatable bonds is 8. The van der Waals surface area contributed by atoms with E-state index in [1.807, 2.05) is 0 Å². The molecule has 0 aromatic rings. The van der Waals surface area contributed by atoms with Gasteiger partial charge in [0.25, 0.3) is 0 Å². The van der Waals surface area contributed by atoms with Gasteiger partial charge in [0, 0.05) is 0 Å². The van der Waals surface area contributed by atoms with Crippen molar-refractivity contribution in [2.75, 3.05) is 0 Å².